The normalized spacial score (nSPS) is 16.7. The lowest BCUT2D eigenvalue weighted by atomic mass is 9.89. The van der Waals surface area contributed by atoms with Crippen LogP contribution >= 0.6 is 15.9 Å². The second-order valence-electron chi connectivity index (χ2n) is 6.03. The molecule has 1 saturated carbocycles. The number of halogens is 1. The summed E-state index contributed by atoms with van der Waals surface area (Å²) in [5.74, 6) is 0.908. The van der Waals surface area contributed by atoms with E-state index in [1.165, 1.54) is 25.7 Å². The van der Waals surface area contributed by atoms with Crippen molar-refractivity contribution in [2.24, 2.45) is 5.41 Å². The van der Waals surface area contributed by atoms with Crippen LogP contribution in [-0.2, 0) is 4.79 Å². The summed E-state index contributed by atoms with van der Waals surface area (Å²) in [6.07, 6.45) is 5.37. The summed E-state index contributed by atoms with van der Waals surface area (Å²) in [7, 11) is 0. The van der Waals surface area contributed by atoms with E-state index in [1.54, 1.807) is 0 Å². The fourth-order valence-corrected chi connectivity index (χ4v) is 3.58. The minimum absolute atomic E-state index is 0.0786. The Morgan fingerprint density at radius 3 is 2.81 bits per heavy atom. The Labute approximate surface area is 135 Å². The Morgan fingerprint density at radius 2 is 2.14 bits per heavy atom. The van der Waals surface area contributed by atoms with E-state index in [0.29, 0.717) is 13.0 Å². The van der Waals surface area contributed by atoms with Crippen molar-refractivity contribution in [3.63, 3.8) is 0 Å². The molecule has 1 aromatic rings. The van der Waals surface area contributed by atoms with Crippen molar-refractivity contribution in [1.82, 2.24) is 5.32 Å². The Kier molecular flexibility index (Phi) is 6.09. The molecule has 1 aliphatic carbocycles. The van der Waals surface area contributed by atoms with E-state index >= 15 is 0 Å². The van der Waals surface area contributed by atoms with Crippen LogP contribution in [0.4, 0.5) is 0 Å². The Bertz CT molecular complexity index is 470. The van der Waals surface area contributed by atoms with Crippen molar-refractivity contribution in [3.05, 3.63) is 29.8 Å². The number of carbonyl (C=O) groups excluding carboxylic acids is 1. The quantitative estimate of drug-likeness (QED) is 0.756. The smallest absolute Gasteiger partial charge is 0.223 e. The van der Waals surface area contributed by atoms with E-state index in [1.807, 2.05) is 31.2 Å². The van der Waals surface area contributed by atoms with Gasteiger partial charge in [-0.2, -0.15) is 0 Å². The van der Waals surface area contributed by atoms with Crippen molar-refractivity contribution in [2.75, 3.05) is 18.5 Å². The van der Waals surface area contributed by atoms with Gasteiger partial charge in [-0.1, -0.05) is 40.9 Å². The molecule has 0 spiro atoms. The predicted molar refractivity (Wildman–Crippen MR) is 89.0 cm³/mol. The summed E-state index contributed by atoms with van der Waals surface area (Å²) < 4.78 is 5.61. The molecule has 21 heavy (non-hydrogen) atoms. The molecule has 116 valence electrons. The van der Waals surface area contributed by atoms with Crippen molar-refractivity contribution in [3.8, 4) is 5.75 Å². The zero-order valence-electron chi connectivity index (χ0n) is 12.7. The van der Waals surface area contributed by atoms with Crippen LogP contribution in [0.15, 0.2) is 24.3 Å². The lowest BCUT2D eigenvalue weighted by Gasteiger charge is -2.26. The monoisotopic (exact) mass is 353 g/mol. The minimum Gasteiger partial charge on any atom is -0.493 e. The maximum absolute atomic E-state index is 11.9. The summed E-state index contributed by atoms with van der Waals surface area (Å²) in [5, 5.41) is 4.04. The van der Waals surface area contributed by atoms with E-state index in [0.717, 1.165) is 23.2 Å². The Morgan fingerprint density at radius 1 is 1.38 bits per heavy atom. The first kappa shape index (κ1) is 16.3. The maximum atomic E-state index is 11.9. The fourth-order valence-electron chi connectivity index (χ4n) is 2.82. The molecule has 0 atom stereocenters. The lowest BCUT2D eigenvalue weighted by molar-refractivity contribution is -0.122. The van der Waals surface area contributed by atoms with Crippen LogP contribution < -0.4 is 10.1 Å². The Hall–Kier alpha value is -1.03. The van der Waals surface area contributed by atoms with Gasteiger partial charge < -0.3 is 10.1 Å². The van der Waals surface area contributed by atoms with Crippen molar-refractivity contribution in [2.45, 2.75) is 39.0 Å². The van der Waals surface area contributed by atoms with Gasteiger partial charge >= 0.3 is 0 Å². The molecule has 0 bridgehead atoms. The van der Waals surface area contributed by atoms with E-state index < -0.39 is 0 Å². The second kappa shape index (κ2) is 7.83. The lowest BCUT2D eigenvalue weighted by Crippen LogP contribution is -2.37. The number of ether oxygens (including phenoxy) is 1. The molecule has 2 rings (SSSR count). The first-order valence-corrected chi connectivity index (χ1v) is 8.78. The van der Waals surface area contributed by atoms with Gasteiger partial charge in [-0.25, -0.2) is 0 Å². The van der Waals surface area contributed by atoms with Crippen LogP contribution in [0.1, 0.15) is 37.7 Å². The van der Waals surface area contributed by atoms with Gasteiger partial charge in [0.1, 0.15) is 5.75 Å². The number of hydrogen-bond acceptors (Lipinski definition) is 2. The summed E-state index contributed by atoms with van der Waals surface area (Å²) in [6, 6.07) is 7.89. The van der Waals surface area contributed by atoms with Crippen LogP contribution in [0.5, 0.6) is 5.75 Å². The van der Waals surface area contributed by atoms with E-state index in [-0.39, 0.29) is 11.3 Å². The standard InChI is InChI=1S/C17H24BrNO2/c1-14-5-4-6-15(11-14)21-10-7-16(20)19-13-17(12-18)8-2-3-9-17/h4-6,11H,2-3,7-10,12-13H2,1H3,(H,19,20). The molecule has 0 radical (unpaired) electrons. The van der Waals surface area contributed by atoms with Crippen LogP contribution in [0.3, 0.4) is 0 Å². The van der Waals surface area contributed by atoms with Crippen LogP contribution in [0, 0.1) is 12.3 Å². The number of rotatable bonds is 7. The highest BCUT2D eigenvalue weighted by Gasteiger charge is 2.32. The molecule has 4 heteroatoms. The van der Waals surface area contributed by atoms with Gasteiger partial charge in [-0.3, -0.25) is 4.79 Å². The predicted octanol–water partition coefficient (Wildman–Crippen LogP) is 3.84. The number of amides is 1. The Balaban J connectivity index is 1.68. The van der Waals surface area contributed by atoms with Crippen LogP contribution in [0.25, 0.3) is 0 Å². The number of hydrogen-bond donors (Lipinski definition) is 1. The van der Waals surface area contributed by atoms with Gasteiger partial charge in [0.15, 0.2) is 0 Å². The van der Waals surface area contributed by atoms with Gasteiger partial charge in [0, 0.05) is 11.9 Å². The van der Waals surface area contributed by atoms with Crippen molar-refractivity contribution in [1.29, 1.82) is 0 Å². The van der Waals surface area contributed by atoms with Crippen LogP contribution in [0.2, 0.25) is 0 Å². The van der Waals surface area contributed by atoms with Crippen molar-refractivity contribution < 1.29 is 9.53 Å². The van der Waals surface area contributed by atoms with Gasteiger partial charge in [0.2, 0.25) is 5.91 Å². The number of benzene rings is 1. The molecule has 0 unspecified atom stereocenters. The molecule has 0 saturated heterocycles. The van der Waals surface area contributed by atoms with Gasteiger partial charge in [0.25, 0.3) is 0 Å². The van der Waals surface area contributed by atoms with E-state index in [4.69, 9.17) is 4.74 Å². The average molecular weight is 354 g/mol. The largest absolute Gasteiger partial charge is 0.493 e. The summed E-state index contributed by atoms with van der Waals surface area (Å²) >= 11 is 3.60. The highest BCUT2D eigenvalue weighted by molar-refractivity contribution is 9.09. The number of carbonyl (C=O) groups is 1. The van der Waals surface area contributed by atoms with Crippen LogP contribution in [-0.4, -0.2) is 24.4 Å². The third-order valence-electron chi connectivity index (χ3n) is 4.20. The molecule has 0 aliphatic heterocycles. The van der Waals surface area contributed by atoms with E-state index in [2.05, 4.69) is 21.2 Å². The number of aryl methyl sites for hydroxylation is 1. The molecule has 0 aromatic heterocycles. The van der Waals surface area contributed by atoms with E-state index in [9.17, 15) is 4.79 Å². The van der Waals surface area contributed by atoms with Gasteiger partial charge in [-0.05, 0) is 42.9 Å². The third-order valence-corrected chi connectivity index (χ3v) is 5.39. The molecule has 1 aromatic carbocycles. The first-order chi connectivity index (χ1) is 10.1. The summed E-state index contributed by atoms with van der Waals surface area (Å²) in [4.78, 5) is 11.9. The second-order valence-corrected chi connectivity index (χ2v) is 6.59. The molecule has 1 N–H and O–H groups in total. The maximum Gasteiger partial charge on any atom is 0.223 e. The third kappa shape index (κ3) is 5.03. The zero-order chi connectivity index (χ0) is 15.1. The minimum atomic E-state index is 0.0786. The summed E-state index contributed by atoms with van der Waals surface area (Å²) in [6.45, 7) is 3.24. The highest BCUT2D eigenvalue weighted by atomic mass is 79.9. The average Bonchev–Trinajstić information content (AvgIpc) is 2.95. The molecule has 3 nitrogen and oxygen atoms in total. The zero-order valence-corrected chi connectivity index (χ0v) is 14.2. The molecule has 0 heterocycles. The van der Waals surface area contributed by atoms with Gasteiger partial charge in [0.05, 0.1) is 13.0 Å². The molecule has 1 fully saturated rings. The highest BCUT2D eigenvalue weighted by Crippen LogP contribution is 2.38. The molecular weight excluding hydrogens is 330 g/mol. The van der Waals surface area contributed by atoms with Gasteiger partial charge in [-0.15, -0.1) is 0 Å². The number of alkyl halides is 1. The summed E-state index contributed by atoms with van der Waals surface area (Å²) in [5.41, 5.74) is 1.44. The fraction of sp³-hybridized carbons (Fsp3) is 0.588. The van der Waals surface area contributed by atoms with Crippen molar-refractivity contribution >= 4 is 21.8 Å². The number of nitrogens with one attached hydrogen (secondary N) is 1. The molecule has 1 amide bonds. The molecular formula is C17H24BrNO2. The topological polar surface area (TPSA) is 38.3 Å². The first-order valence-electron chi connectivity index (χ1n) is 7.66. The molecule has 1 aliphatic rings. The SMILES string of the molecule is Cc1cccc(OCCC(=O)NCC2(CBr)CCCC2)c1.